The molecule has 7 heteroatoms. The topological polar surface area (TPSA) is 86.5 Å². The Morgan fingerprint density at radius 1 is 1.13 bits per heavy atom. The summed E-state index contributed by atoms with van der Waals surface area (Å²) in [4.78, 5) is 11.8. The van der Waals surface area contributed by atoms with Crippen LogP contribution in [0.4, 0.5) is 0 Å². The third kappa shape index (κ3) is 4.54. The first-order chi connectivity index (χ1) is 10.7. The SMILES string of the molecule is Cc1cc(C)cc(COC(=O)c2ccc(Cl)c(S(N)(=O)=O)c2)c1. The highest BCUT2D eigenvalue weighted by atomic mass is 35.5. The molecule has 2 aromatic carbocycles. The minimum absolute atomic E-state index is 0.0432. The lowest BCUT2D eigenvalue weighted by molar-refractivity contribution is 0.0472. The van der Waals surface area contributed by atoms with Crippen LogP contribution in [0.3, 0.4) is 0 Å². The van der Waals surface area contributed by atoms with Gasteiger partial charge < -0.3 is 4.74 Å². The van der Waals surface area contributed by atoms with Crippen LogP contribution < -0.4 is 5.14 Å². The highest BCUT2D eigenvalue weighted by Gasteiger charge is 2.17. The Bertz CT molecular complexity index is 842. The van der Waals surface area contributed by atoms with E-state index in [9.17, 15) is 13.2 Å². The van der Waals surface area contributed by atoms with E-state index in [1.165, 1.54) is 12.1 Å². The van der Waals surface area contributed by atoms with Crippen molar-refractivity contribution < 1.29 is 17.9 Å². The summed E-state index contributed by atoms with van der Waals surface area (Å²) in [5.74, 6) is -0.647. The Morgan fingerprint density at radius 2 is 1.74 bits per heavy atom. The molecule has 2 aromatic rings. The van der Waals surface area contributed by atoms with E-state index >= 15 is 0 Å². The van der Waals surface area contributed by atoms with Crippen LogP contribution in [0, 0.1) is 13.8 Å². The predicted molar refractivity (Wildman–Crippen MR) is 87.9 cm³/mol. The molecule has 0 radical (unpaired) electrons. The second-order valence-corrected chi connectivity index (χ2v) is 7.20. The lowest BCUT2D eigenvalue weighted by Crippen LogP contribution is -2.14. The predicted octanol–water partition coefficient (Wildman–Crippen LogP) is 2.96. The lowest BCUT2D eigenvalue weighted by Gasteiger charge is -2.08. The van der Waals surface area contributed by atoms with Gasteiger partial charge in [-0.3, -0.25) is 0 Å². The van der Waals surface area contributed by atoms with Crippen LogP contribution >= 0.6 is 11.6 Å². The van der Waals surface area contributed by atoms with E-state index in [0.717, 1.165) is 22.8 Å². The number of carbonyl (C=O) groups excluding carboxylic acids is 1. The molecule has 0 heterocycles. The van der Waals surface area contributed by atoms with E-state index in [2.05, 4.69) is 0 Å². The van der Waals surface area contributed by atoms with Gasteiger partial charge >= 0.3 is 5.97 Å². The van der Waals surface area contributed by atoms with Crippen LogP contribution in [0.1, 0.15) is 27.0 Å². The average Bonchev–Trinajstić information content (AvgIpc) is 2.43. The number of rotatable bonds is 4. The second kappa shape index (κ2) is 6.70. The van der Waals surface area contributed by atoms with E-state index in [1.807, 2.05) is 32.0 Å². The normalized spacial score (nSPS) is 11.3. The molecule has 23 heavy (non-hydrogen) atoms. The first-order valence-corrected chi connectivity index (χ1v) is 8.66. The minimum Gasteiger partial charge on any atom is -0.457 e. The summed E-state index contributed by atoms with van der Waals surface area (Å²) in [7, 11) is -4.01. The molecule has 0 aliphatic rings. The van der Waals surface area contributed by atoms with Crippen molar-refractivity contribution in [1.82, 2.24) is 0 Å². The van der Waals surface area contributed by atoms with Crippen molar-refractivity contribution >= 4 is 27.6 Å². The molecule has 0 atom stereocenters. The fraction of sp³-hybridized carbons (Fsp3) is 0.188. The molecule has 0 amide bonds. The number of hydrogen-bond donors (Lipinski definition) is 1. The van der Waals surface area contributed by atoms with Crippen molar-refractivity contribution in [3.63, 3.8) is 0 Å². The van der Waals surface area contributed by atoms with Crippen LogP contribution in [0.15, 0.2) is 41.3 Å². The van der Waals surface area contributed by atoms with Gasteiger partial charge in [-0.05, 0) is 37.6 Å². The molecule has 2 N–H and O–H groups in total. The Labute approximate surface area is 140 Å². The number of carbonyl (C=O) groups is 1. The summed E-state index contributed by atoms with van der Waals surface area (Å²) in [5, 5.41) is 5.02. The van der Waals surface area contributed by atoms with Crippen LogP contribution in [0.2, 0.25) is 5.02 Å². The van der Waals surface area contributed by atoms with E-state index in [-0.39, 0.29) is 22.1 Å². The van der Waals surface area contributed by atoms with Gasteiger partial charge in [-0.25, -0.2) is 18.4 Å². The van der Waals surface area contributed by atoms with Crippen LogP contribution in [0.25, 0.3) is 0 Å². The smallest absolute Gasteiger partial charge is 0.338 e. The number of esters is 1. The summed E-state index contributed by atoms with van der Waals surface area (Å²) >= 11 is 5.78. The zero-order valence-corrected chi connectivity index (χ0v) is 14.2. The number of sulfonamides is 1. The summed E-state index contributed by atoms with van der Waals surface area (Å²) in [6.45, 7) is 4.00. The maximum absolute atomic E-state index is 12.1. The first-order valence-electron chi connectivity index (χ1n) is 6.73. The molecule has 2 rings (SSSR count). The van der Waals surface area contributed by atoms with Crippen LogP contribution in [-0.4, -0.2) is 14.4 Å². The maximum Gasteiger partial charge on any atom is 0.338 e. The molecule has 0 aromatic heterocycles. The molecule has 0 aliphatic heterocycles. The Kier molecular flexibility index (Phi) is 5.09. The van der Waals surface area contributed by atoms with Gasteiger partial charge in [0.2, 0.25) is 10.0 Å². The molecular weight excluding hydrogens is 338 g/mol. The average molecular weight is 354 g/mol. The van der Waals surface area contributed by atoms with Gasteiger partial charge in [0.1, 0.15) is 11.5 Å². The Hall–Kier alpha value is -1.89. The van der Waals surface area contributed by atoms with Crippen molar-refractivity contribution in [2.75, 3.05) is 0 Å². The van der Waals surface area contributed by atoms with Crippen molar-refractivity contribution in [2.24, 2.45) is 5.14 Å². The highest BCUT2D eigenvalue weighted by molar-refractivity contribution is 7.89. The molecule has 0 aliphatic carbocycles. The van der Waals surface area contributed by atoms with Gasteiger partial charge in [0.15, 0.2) is 0 Å². The molecule has 122 valence electrons. The molecule has 5 nitrogen and oxygen atoms in total. The highest BCUT2D eigenvalue weighted by Crippen LogP contribution is 2.22. The Balaban J connectivity index is 2.18. The number of benzene rings is 2. The number of halogens is 1. The van der Waals surface area contributed by atoms with E-state index in [1.54, 1.807) is 0 Å². The monoisotopic (exact) mass is 353 g/mol. The molecule has 0 saturated heterocycles. The molecule has 0 saturated carbocycles. The number of hydrogen-bond acceptors (Lipinski definition) is 4. The lowest BCUT2D eigenvalue weighted by atomic mass is 10.1. The molecule has 0 bridgehead atoms. The number of aryl methyl sites for hydroxylation is 2. The van der Waals surface area contributed by atoms with Gasteiger partial charge in [0.05, 0.1) is 10.6 Å². The van der Waals surface area contributed by atoms with E-state index in [0.29, 0.717) is 0 Å². The van der Waals surface area contributed by atoms with Gasteiger partial charge in [-0.15, -0.1) is 0 Å². The van der Waals surface area contributed by atoms with Crippen molar-refractivity contribution in [2.45, 2.75) is 25.3 Å². The van der Waals surface area contributed by atoms with E-state index < -0.39 is 16.0 Å². The fourth-order valence-electron chi connectivity index (χ4n) is 2.23. The zero-order valence-electron chi connectivity index (χ0n) is 12.7. The minimum atomic E-state index is -4.01. The summed E-state index contributed by atoms with van der Waals surface area (Å²) in [6.07, 6.45) is 0. The quantitative estimate of drug-likeness (QED) is 0.856. The van der Waals surface area contributed by atoms with Gasteiger partial charge in [0, 0.05) is 0 Å². The van der Waals surface area contributed by atoms with Crippen molar-refractivity contribution in [3.8, 4) is 0 Å². The standard InChI is InChI=1S/C16H16ClNO4S/c1-10-5-11(2)7-12(6-10)9-22-16(19)13-3-4-14(17)15(8-13)23(18,20)21/h3-8H,9H2,1-2H3,(H2,18,20,21). The number of ether oxygens (including phenoxy) is 1. The zero-order chi connectivity index (χ0) is 17.2. The van der Waals surface area contributed by atoms with Gasteiger partial charge in [-0.1, -0.05) is 40.9 Å². The first kappa shape index (κ1) is 17.5. The molecule has 0 fully saturated rings. The fourth-order valence-corrected chi connectivity index (χ4v) is 3.30. The van der Waals surface area contributed by atoms with Crippen molar-refractivity contribution in [1.29, 1.82) is 0 Å². The van der Waals surface area contributed by atoms with Crippen LogP contribution in [-0.2, 0) is 21.4 Å². The summed E-state index contributed by atoms with van der Waals surface area (Å²) < 4.78 is 28.1. The number of primary sulfonamides is 1. The number of nitrogens with two attached hydrogens (primary N) is 1. The summed E-state index contributed by atoms with van der Waals surface area (Å²) in [6, 6.07) is 9.65. The van der Waals surface area contributed by atoms with Crippen LogP contribution in [0.5, 0.6) is 0 Å². The third-order valence-corrected chi connectivity index (χ3v) is 4.52. The van der Waals surface area contributed by atoms with Gasteiger partial charge in [-0.2, -0.15) is 0 Å². The summed E-state index contributed by atoms with van der Waals surface area (Å²) in [5.41, 5.74) is 3.07. The maximum atomic E-state index is 12.1. The second-order valence-electron chi connectivity index (χ2n) is 5.26. The molecule has 0 unspecified atom stereocenters. The molecule has 0 spiro atoms. The third-order valence-electron chi connectivity index (χ3n) is 3.12. The Morgan fingerprint density at radius 3 is 2.30 bits per heavy atom. The van der Waals surface area contributed by atoms with Crippen molar-refractivity contribution in [3.05, 3.63) is 63.7 Å². The van der Waals surface area contributed by atoms with Gasteiger partial charge in [0.25, 0.3) is 0 Å². The van der Waals surface area contributed by atoms with E-state index in [4.69, 9.17) is 21.5 Å². The largest absolute Gasteiger partial charge is 0.457 e. The molecular formula is C16H16ClNO4S.